The molecule has 4 heteroatoms. The summed E-state index contributed by atoms with van der Waals surface area (Å²) >= 11 is 0. The van der Waals surface area contributed by atoms with Crippen molar-refractivity contribution >= 4 is 11.8 Å². The Morgan fingerprint density at radius 1 is 1.11 bits per heavy atom. The molecule has 1 heterocycles. The minimum Gasteiger partial charge on any atom is -0.348 e. The third kappa shape index (κ3) is 2.85. The van der Waals surface area contributed by atoms with Crippen molar-refractivity contribution in [2.45, 2.75) is 91.1 Å². The number of carbonyl (C=O) groups excluding carboxylic acids is 2. The largest absolute Gasteiger partial charge is 0.348 e. The molecule has 0 aromatic heterocycles. The summed E-state index contributed by atoms with van der Waals surface area (Å²) in [7, 11) is 1.93. The van der Waals surface area contributed by atoms with Crippen LogP contribution in [0, 0.1) is 28.6 Å². The number of fused-ring (bicyclic) bond motifs is 5. The molecule has 0 spiro atoms. The molecule has 3 saturated carbocycles. The van der Waals surface area contributed by atoms with E-state index in [0.717, 1.165) is 17.9 Å². The highest BCUT2D eigenvalue weighted by Gasteiger charge is 2.61. The van der Waals surface area contributed by atoms with Gasteiger partial charge in [-0.15, -0.1) is 0 Å². The fourth-order valence-electron chi connectivity index (χ4n) is 7.55. The Morgan fingerprint density at radius 3 is 2.50 bits per heavy atom. The van der Waals surface area contributed by atoms with Crippen molar-refractivity contribution in [2.24, 2.45) is 28.6 Å². The molecule has 0 saturated heterocycles. The molecular weight excluding hydrogens is 348 g/mol. The van der Waals surface area contributed by atoms with Gasteiger partial charge in [0.05, 0.1) is 0 Å². The standard InChI is InChI=1S/C24H38N2O2/c1-22(2,3)25-21(28)18-14-20(27)26(6)19-10-9-15-16-8-7-12-23(16,4)13-11-17(15)24(18,19)5/h14-17,19H,7-13H2,1-6H3,(H,25,28)/t15-,16-,17+,19?,23-,24-/m0/s1. The number of nitrogens with one attached hydrogen (secondary N) is 1. The molecule has 4 nitrogen and oxygen atoms in total. The molecule has 1 N–H and O–H groups in total. The lowest BCUT2D eigenvalue weighted by atomic mass is 9.47. The van der Waals surface area contributed by atoms with Crippen LogP contribution in [0.15, 0.2) is 11.6 Å². The van der Waals surface area contributed by atoms with Gasteiger partial charge in [-0.1, -0.05) is 20.3 Å². The quantitative estimate of drug-likeness (QED) is 0.730. The lowest BCUT2D eigenvalue weighted by molar-refractivity contribution is -0.143. The molecule has 0 aromatic carbocycles. The number of hydrogen-bond donors (Lipinski definition) is 1. The summed E-state index contributed by atoms with van der Waals surface area (Å²) < 4.78 is 0. The van der Waals surface area contributed by atoms with Crippen LogP contribution in [0.4, 0.5) is 0 Å². The predicted octanol–water partition coefficient (Wildman–Crippen LogP) is 4.30. The summed E-state index contributed by atoms with van der Waals surface area (Å²) in [5.41, 5.74) is 0.691. The first-order chi connectivity index (χ1) is 13.0. The molecule has 0 aromatic rings. The van der Waals surface area contributed by atoms with Crippen molar-refractivity contribution in [1.82, 2.24) is 10.2 Å². The van der Waals surface area contributed by atoms with Gasteiger partial charge in [0.1, 0.15) is 0 Å². The maximum Gasteiger partial charge on any atom is 0.248 e. The Balaban J connectivity index is 1.75. The molecule has 4 aliphatic rings. The van der Waals surface area contributed by atoms with Gasteiger partial charge < -0.3 is 10.2 Å². The van der Waals surface area contributed by atoms with E-state index in [1.165, 1.54) is 38.5 Å². The third-order valence-corrected chi connectivity index (χ3v) is 8.85. The first kappa shape index (κ1) is 20.0. The van der Waals surface area contributed by atoms with Crippen LogP contribution in [0.1, 0.15) is 79.6 Å². The molecule has 2 amide bonds. The molecule has 28 heavy (non-hydrogen) atoms. The van der Waals surface area contributed by atoms with Crippen molar-refractivity contribution < 1.29 is 9.59 Å². The maximum absolute atomic E-state index is 13.3. The summed E-state index contributed by atoms with van der Waals surface area (Å²) in [5.74, 6) is 1.92. The highest BCUT2D eigenvalue weighted by molar-refractivity contribution is 6.04. The lowest BCUT2D eigenvalue weighted by Gasteiger charge is -2.61. The predicted molar refractivity (Wildman–Crippen MR) is 112 cm³/mol. The maximum atomic E-state index is 13.3. The molecule has 3 aliphatic carbocycles. The summed E-state index contributed by atoms with van der Waals surface area (Å²) in [6, 6.07) is 0.137. The number of amides is 2. The summed E-state index contributed by atoms with van der Waals surface area (Å²) in [4.78, 5) is 28.0. The van der Waals surface area contributed by atoms with Crippen LogP contribution in [0.3, 0.4) is 0 Å². The van der Waals surface area contributed by atoms with Crippen LogP contribution in [-0.4, -0.2) is 35.3 Å². The van der Waals surface area contributed by atoms with Gasteiger partial charge in [0.15, 0.2) is 0 Å². The van der Waals surface area contributed by atoms with E-state index in [9.17, 15) is 9.59 Å². The Hall–Kier alpha value is -1.32. The van der Waals surface area contributed by atoms with Gasteiger partial charge in [-0.25, -0.2) is 0 Å². The van der Waals surface area contributed by atoms with Crippen LogP contribution in [0.25, 0.3) is 0 Å². The summed E-state index contributed by atoms with van der Waals surface area (Å²) in [5, 5.41) is 3.15. The minimum atomic E-state index is -0.305. The number of rotatable bonds is 1. The fourth-order valence-corrected chi connectivity index (χ4v) is 7.55. The number of likely N-dealkylation sites (N-methyl/N-ethyl adjacent to an activating group) is 1. The van der Waals surface area contributed by atoms with Crippen LogP contribution in [-0.2, 0) is 9.59 Å². The SMILES string of the molecule is CN1C(=O)C=C(C(=O)NC(C)(C)C)[C@@]2(C)C1CC[C@@H]1[C@H]2CC[C@]2(C)CCC[C@@H]12. The minimum absolute atomic E-state index is 0.0125. The average molecular weight is 387 g/mol. The van der Waals surface area contributed by atoms with E-state index in [1.807, 2.05) is 32.7 Å². The van der Waals surface area contributed by atoms with Crippen molar-refractivity contribution in [3.63, 3.8) is 0 Å². The van der Waals surface area contributed by atoms with E-state index in [4.69, 9.17) is 0 Å². The first-order valence-corrected chi connectivity index (χ1v) is 11.3. The monoisotopic (exact) mass is 386 g/mol. The van der Waals surface area contributed by atoms with Gasteiger partial charge in [-0.2, -0.15) is 0 Å². The van der Waals surface area contributed by atoms with Crippen molar-refractivity contribution in [3.05, 3.63) is 11.6 Å². The van der Waals surface area contributed by atoms with Gasteiger partial charge in [-0.3, -0.25) is 9.59 Å². The number of nitrogens with zero attached hydrogens (tertiary/aromatic N) is 1. The van der Waals surface area contributed by atoms with Gasteiger partial charge in [0, 0.05) is 35.7 Å². The summed E-state index contributed by atoms with van der Waals surface area (Å²) in [6.07, 6.45) is 10.4. The van der Waals surface area contributed by atoms with Gasteiger partial charge in [0.2, 0.25) is 11.8 Å². The van der Waals surface area contributed by atoms with Crippen molar-refractivity contribution in [3.8, 4) is 0 Å². The second-order valence-electron chi connectivity index (χ2n) is 11.5. The third-order valence-electron chi connectivity index (χ3n) is 8.85. The van der Waals surface area contributed by atoms with E-state index in [-0.39, 0.29) is 28.8 Å². The molecule has 1 aliphatic heterocycles. The van der Waals surface area contributed by atoms with Crippen LogP contribution >= 0.6 is 0 Å². The Bertz CT molecular complexity index is 721. The normalized spacial score (nSPS) is 43.0. The highest BCUT2D eigenvalue weighted by Crippen LogP contribution is 2.65. The Labute approximate surface area is 170 Å². The smallest absolute Gasteiger partial charge is 0.248 e. The second-order valence-corrected chi connectivity index (χ2v) is 11.5. The lowest BCUT2D eigenvalue weighted by Crippen LogP contribution is -2.63. The molecule has 156 valence electrons. The zero-order chi connectivity index (χ0) is 20.5. The van der Waals surface area contributed by atoms with Gasteiger partial charge in [-0.05, 0) is 82.5 Å². The van der Waals surface area contributed by atoms with Crippen LogP contribution < -0.4 is 5.32 Å². The van der Waals surface area contributed by atoms with Crippen molar-refractivity contribution in [2.75, 3.05) is 7.05 Å². The Kier molecular flexibility index (Phi) is 4.52. The zero-order valence-electron chi connectivity index (χ0n) is 18.6. The second kappa shape index (κ2) is 6.34. The molecule has 3 fully saturated rings. The van der Waals surface area contributed by atoms with Crippen LogP contribution in [0.2, 0.25) is 0 Å². The zero-order valence-corrected chi connectivity index (χ0v) is 18.6. The van der Waals surface area contributed by atoms with E-state index in [1.54, 1.807) is 6.08 Å². The van der Waals surface area contributed by atoms with E-state index in [2.05, 4.69) is 19.2 Å². The highest BCUT2D eigenvalue weighted by atomic mass is 16.2. The summed E-state index contributed by atoms with van der Waals surface area (Å²) in [6.45, 7) is 10.8. The van der Waals surface area contributed by atoms with Gasteiger partial charge >= 0.3 is 0 Å². The first-order valence-electron chi connectivity index (χ1n) is 11.3. The topological polar surface area (TPSA) is 49.4 Å². The van der Waals surface area contributed by atoms with E-state index >= 15 is 0 Å². The van der Waals surface area contributed by atoms with Crippen molar-refractivity contribution in [1.29, 1.82) is 0 Å². The van der Waals surface area contributed by atoms with E-state index < -0.39 is 0 Å². The average Bonchev–Trinajstić information content (AvgIpc) is 2.98. The molecule has 0 bridgehead atoms. The number of carbonyl (C=O) groups is 2. The Morgan fingerprint density at radius 2 is 1.82 bits per heavy atom. The number of hydrogen-bond acceptors (Lipinski definition) is 2. The van der Waals surface area contributed by atoms with E-state index in [0.29, 0.717) is 17.3 Å². The molecule has 4 rings (SSSR count). The fraction of sp³-hybridized carbons (Fsp3) is 0.833. The molecule has 1 unspecified atom stereocenters. The molecule has 6 atom stereocenters. The van der Waals surface area contributed by atoms with Gasteiger partial charge in [0.25, 0.3) is 0 Å². The molecular formula is C24H38N2O2. The van der Waals surface area contributed by atoms with Crippen LogP contribution in [0.5, 0.6) is 0 Å². The molecule has 0 radical (unpaired) electrons.